The molecule has 0 heterocycles. The minimum absolute atomic E-state index is 0.106. The summed E-state index contributed by atoms with van der Waals surface area (Å²) >= 11 is -0.106. The van der Waals surface area contributed by atoms with E-state index in [9.17, 15) is 0 Å². The fourth-order valence-corrected chi connectivity index (χ4v) is 11.3. The summed E-state index contributed by atoms with van der Waals surface area (Å²) in [6.45, 7) is 23.6. The summed E-state index contributed by atoms with van der Waals surface area (Å²) in [5.41, 5.74) is 1.21. The van der Waals surface area contributed by atoms with E-state index in [1.54, 1.807) is 0 Å². The van der Waals surface area contributed by atoms with Crippen LogP contribution in [0.25, 0.3) is 0 Å². The topological polar surface area (TPSA) is 9.23 Å². The molecule has 2 rings (SSSR count). The van der Waals surface area contributed by atoms with Crippen LogP contribution in [0.5, 0.6) is 11.5 Å². The molecule has 0 N–H and O–H groups in total. The van der Waals surface area contributed by atoms with Crippen LogP contribution in [-0.2, 0) is 15.9 Å². The molecule has 184 valence electrons. The van der Waals surface area contributed by atoms with Crippen molar-refractivity contribution in [3.05, 3.63) is 48.5 Å². The SMILES string of the molecule is CC(C)P(c1ccccc1Oc1ccccc1P(C(C)C)C(C)(C)C)C(C)(C)C.[Cl][Pd][Cl]. The van der Waals surface area contributed by atoms with Crippen molar-refractivity contribution in [3.8, 4) is 11.5 Å². The molecule has 0 radical (unpaired) electrons. The summed E-state index contributed by atoms with van der Waals surface area (Å²) in [5, 5.41) is 3.23. The Balaban J connectivity index is 0.00000161. The van der Waals surface area contributed by atoms with Crippen LogP contribution >= 0.6 is 34.9 Å². The van der Waals surface area contributed by atoms with Gasteiger partial charge >= 0.3 is 35.0 Å². The van der Waals surface area contributed by atoms with Gasteiger partial charge in [0.05, 0.1) is 0 Å². The van der Waals surface area contributed by atoms with Crippen molar-refractivity contribution < 1.29 is 20.7 Å². The van der Waals surface area contributed by atoms with Crippen LogP contribution in [0.1, 0.15) is 69.2 Å². The van der Waals surface area contributed by atoms with Gasteiger partial charge in [0.2, 0.25) is 0 Å². The molecule has 0 aromatic heterocycles. The average molecular weight is 608 g/mol. The van der Waals surface area contributed by atoms with Crippen molar-refractivity contribution >= 4 is 45.5 Å². The molecule has 0 aliphatic rings. The first-order valence-electron chi connectivity index (χ1n) is 11.0. The molecular formula is C26H40Cl2OP2Pd. The molecule has 0 fully saturated rings. The van der Waals surface area contributed by atoms with Gasteiger partial charge in [-0.3, -0.25) is 0 Å². The van der Waals surface area contributed by atoms with Crippen molar-refractivity contribution in [2.24, 2.45) is 0 Å². The Kier molecular flexibility index (Phi) is 12.8. The fourth-order valence-electron chi connectivity index (χ4n) is 4.43. The third kappa shape index (κ3) is 8.85. The summed E-state index contributed by atoms with van der Waals surface area (Å²) in [7, 11) is 8.92. The summed E-state index contributed by atoms with van der Waals surface area (Å²) in [4.78, 5) is 0. The molecule has 0 aliphatic heterocycles. The fraction of sp³-hybridized carbons (Fsp3) is 0.538. The predicted octanol–water partition coefficient (Wildman–Crippen LogP) is 9.48. The molecule has 2 aromatic carbocycles. The summed E-state index contributed by atoms with van der Waals surface area (Å²) in [6, 6.07) is 17.4. The molecule has 0 bridgehead atoms. The number of ether oxygens (including phenoxy) is 1. The number of halogens is 2. The Morgan fingerprint density at radius 2 is 0.938 bits per heavy atom. The van der Waals surface area contributed by atoms with E-state index in [2.05, 4.69) is 118 Å². The zero-order valence-electron chi connectivity index (χ0n) is 21.1. The van der Waals surface area contributed by atoms with Crippen LogP contribution in [0.2, 0.25) is 0 Å². The van der Waals surface area contributed by atoms with Gasteiger partial charge in [-0.1, -0.05) is 121 Å². The molecule has 1 nitrogen and oxygen atoms in total. The van der Waals surface area contributed by atoms with Crippen molar-refractivity contribution in [1.82, 2.24) is 0 Å². The zero-order valence-corrected chi connectivity index (χ0v) is 26.0. The molecule has 32 heavy (non-hydrogen) atoms. The monoisotopic (exact) mass is 606 g/mol. The van der Waals surface area contributed by atoms with Crippen LogP contribution < -0.4 is 15.3 Å². The van der Waals surface area contributed by atoms with Crippen LogP contribution in [-0.4, -0.2) is 21.6 Å². The Morgan fingerprint density at radius 1 is 0.656 bits per heavy atom. The van der Waals surface area contributed by atoms with Crippen molar-refractivity contribution in [1.29, 1.82) is 0 Å². The van der Waals surface area contributed by atoms with E-state index >= 15 is 0 Å². The van der Waals surface area contributed by atoms with Crippen LogP contribution in [0.4, 0.5) is 0 Å². The van der Waals surface area contributed by atoms with Gasteiger partial charge in [0, 0.05) is 10.6 Å². The quantitative estimate of drug-likeness (QED) is 0.235. The second kappa shape index (κ2) is 13.4. The van der Waals surface area contributed by atoms with Crippen molar-refractivity contribution in [2.45, 2.75) is 90.9 Å². The maximum atomic E-state index is 6.73. The Labute approximate surface area is 216 Å². The number of hydrogen-bond acceptors (Lipinski definition) is 1. The zero-order chi connectivity index (χ0) is 24.7. The van der Waals surface area contributed by atoms with Crippen LogP contribution in [0, 0.1) is 0 Å². The second-order valence-corrected chi connectivity index (χ2v) is 19.9. The molecule has 0 spiro atoms. The van der Waals surface area contributed by atoms with Gasteiger partial charge in [-0.15, -0.1) is 0 Å². The number of para-hydroxylation sites is 2. The number of rotatable bonds is 6. The molecule has 0 saturated heterocycles. The summed E-state index contributed by atoms with van der Waals surface area (Å²) in [6.07, 6.45) is 0. The minimum atomic E-state index is -0.352. The molecule has 2 atom stereocenters. The molecule has 0 aliphatic carbocycles. The van der Waals surface area contributed by atoms with Crippen molar-refractivity contribution in [2.75, 3.05) is 0 Å². The standard InChI is InChI=1S/C26H40OP2.2ClH.Pd/c1-19(2)28(25(5,6)7)23-17-13-11-15-21(23)27-22-16-12-14-18-24(22)29(20(3)4)26(8,9)10;;;/h11-20H,1-10H3;2*1H;/q;;;+2/p-2. The van der Waals surface area contributed by atoms with Crippen LogP contribution in [0.3, 0.4) is 0 Å². The Bertz CT molecular complexity index is 762. The normalized spacial score (nSPS) is 14.2. The van der Waals surface area contributed by atoms with Gasteiger partial charge in [-0.05, 0) is 33.8 Å². The molecular weight excluding hydrogens is 568 g/mol. The van der Waals surface area contributed by atoms with E-state index < -0.39 is 0 Å². The molecule has 6 heteroatoms. The predicted molar refractivity (Wildman–Crippen MR) is 148 cm³/mol. The van der Waals surface area contributed by atoms with Gasteiger partial charge in [0.1, 0.15) is 11.5 Å². The first-order valence-corrected chi connectivity index (χ1v) is 17.8. The average Bonchev–Trinajstić information content (AvgIpc) is 2.62. The van der Waals surface area contributed by atoms with Gasteiger partial charge in [0.15, 0.2) is 0 Å². The molecule has 0 saturated carbocycles. The van der Waals surface area contributed by atoms with E-state index in [0.29, 0.717) is 11.3 Å². The number of hydrogen-bond donors (Lipinski definition) is 0. The van der Waals surface area contributed by atoms with E-state index in [4.69, 9.17) is 23.8 Å². The van der Waals surface area contributed by atoms with E-state index in [1.165, 1.54) is 10.6 Å². The first-order chi connectivity index (χ1) is 14.8. The summed E-state index contributed by atoms with van der Waals surface area (Å²) in [5.74, 6) is 2.06. The first kappa shape index (κ1) is 30.4. The van der Waals surface area contributed by atoms with Crippen molar-refractivity contribution in [3.63, 3.8) is 0 Å². The molecule has 2 unspecified atom stereocenters. The van der Waals surface area contributed by atoms with E-state index in [0.717, 1.165) is 11.5 Å². The van der Waals surface area contributed by atoms with Gasteiger partial charge in [0.25, 0.3) is 0 Å². The number of benzene rings is 2. The Morgan fingerprint density at radius 3 is 1.19 bits per heavy atom. The third-order valence-corrected chi connectivity index (χ3v) is 11.7. The van der Waals surface area contributed by atoms with Crippen LogP contribution in [0.15, 0.2) is 48.5 Å². The summed E-state index contributed by atoms with van der Waals surface area (Å²) < 4.78 is 6.73. The molecule has 2 aromatic rings. The second-order valence-electron chi connectivity index (χ2n) is 10.4. The third-order valence-electron chi connectivity index (χ3n) is 4.95. The van der Waals surface area contributed by atoms with Gasteiger partial charge in [-0.25, -0.2) is 0 Å². The van der Waals surface area contributed by atoms with Gasteiger partial charge < -0.3 is 4.74 Å². The maximum absolute atomic E-state index is 6.73. The van der Waals surface area contributed by atoms with E-state index in [1.807, 2.05) is 0 Å². The molecule has 0 amide bonds. The van der Waals surface area contributed by atoms with Gasteiger partial charge in [-0.2, -0.15) is 0 Å². The van der Waals surface area contributed by atoms with E-state index in [-0.39, 0.29) is 42.1 Å². The Hall–Kier alpha value is 0.342.